The van der Waals surface area contributed by atoms with Crippen LogP contribution in [0.2, 0.25) is 0 Å². The molecule has 0 aliphatic carbocycles. The standard InChI is InChI=1S/C13H9BrN4O2/c14-8-2-3-10(16-6-8)12-17-13(20-18-12)7-1-4-11(19)9(15)5-7/h1-6,19H,15H2. The Hall–Kier alpha value is -2.41. The van der Waals surface area contributed by atoms with Crippen LogP contribution in [0.1, 0.15) is 0 Å². The third-order valence-corrected chi connectivity index (χ3v) is 3.13. The Labute approximate surface area is 122 Å². The van der Waals surface area contributed by atoms with Crippen molar-refractivity contribution in [3.63, 3.8) is 0 Å². The van der Waals surface area contributed by atoms with Crippen molar-refractivity contribution in [3.8, 4) is 28.7 Å². The molecule has 0 fully saturated rings. The lowest BCUT2D eigenvalue weighted by Crippen LogP contribution is -1.87. The van der Waals surface area contributed by atoms with Crippen molar-refractivity contribution in [1.29, 1.82) is 0 Å². The number of aromatic nitrogens is 3. The molecule has 1 aromatic carbocycles. The molecule has 0 aliphatic rings. The van der Waals surface area contributed by atoms with Crippen LogP contribution in [-0.2, 0) is 0 Å². The highest BCUT2D eigenvalue weighted by molar-refractivity contribution is 9.10. The number of pyridine rings is 1. The lowest BCUT2D eigenvalue weighted by Gasteiger charge is -1.99. The van der Waals surface area contributed by atoms with Gasteiger partial charge >= 0.3 is 0 Å². The summed E-state index contributed by atoms with van der Waals surface area (Å²) in [5, 5.41) is 13.3. The van der Waals surface area contributed by atoms with Crippen LogP contribution in [0.4, 0.5) is 5.69 Å². The van der Waals surface area contributed by atoms with Gasteiger partial charge in [-0.1, -0.05) is 5.16 Å². The fraction of sp³-hybridized carbons (Fsp3) is 0. The highest BCUT2D eigenvalue weighted by Crippen LogP contribution is 2.27. The predicted octanol–water partition coefficient (Wildman–Crippen LogP) is 2.85. The lowest BCUT2D eigenvalue weighted by molar-refractivity contribution is 0.432. The highest BCUT2D eigenvalue weighted by atomic mass is 79.9. The molecule has 0 radical (unpaired) electrons. The van der Waals surface area contributed by atoms with Gasteiger partial charge in [0.2, 0.25) is 5.82 Å². The van der Waals surface area contributed by atoms with Crippen LogP contribution in [0.5, 0.6) is 5.75 Å². The first-order chi connectivity index (χ1) is 9.63. The minimum absolute atomic E-state index is 0.0167. The first-order valence-electron chi connectivity index (χ1n) is 5.68. The molecule has 20 heavy (non-hydrogen) atoms. The van der Waals surface area contributed by atoms with Gasteiger partial charge < -0.3 is 15.4 Å². The minimum atomic E-state index is 0.0167. The first-order valence-corrected chi connectivity index (χ1v) is 6.47. The van der Waals surface area contributed by atoms with Gasteiger partial charge in [-0.25, -0.2) is 0 Å². The van der Waals surface area contributed by atoms with E-state index in [1.165, 1.54) is 6.07 Å². The third-order valence-electron chi connectivity index (χ3n) is 2.66. The zero-order chi connectivity index (χ0) is 14.1. The van der Waals surface area contributed by atoms with Gasteiger partial charge in [0.1, 0.15) is 11.4 Å². The summed E-state index contributed by atoms with van der Waals surface area (Å²) < 4.78 is 6.05. The van der Waals surface area contributed by atoms with Gasteiger partial charge in [-0.3, -0.25) is 4.98 Å². The molecule has 7 heteroatoms. The molecule has 0 bridgehead atoms. The number of nitrogens with zero attached hydrogens (tertiary/aromatic N) is 3. The summed E-state index contributed by atoms with van der Waals surface area (Å²) in [5.41, 5.74) is 7.13. The maximum absolute atomic E-state index is 9.39. The van der Waals surface area contributed by atoms with E-state index in [9.17, 15) is 5.11 Å². The summed E-state index contributed by atoms with van der Waals surface area (Å²) in [6.07, 6.45) is 1.66. The average Bonchev–Trinajstić information content (AvgIpc) is 2.92. The molecule has 0 atom stereocenters. The third kappa shape index (κ3) is 2.35. The molecule has 3 rings (SSSR count). The molecule has 0 saturated carbocycles. The van der Waals surface area contributed by atoms with Gasteiger partial charge in [-0.2, -0.15) is 4.98 Å². The summed E-state index contributed by atoms with van der Waals surface area (Å²) in [7, 11) is 0. The number of hydrogen-bond acceptors (Lipinski definition) is 6. The number of nitrogens with two attached hydrogens (primary N) is 1. The van der Waals surface area contributed by atoms with Crippen LogP contribution in [-0.4, -0.2) is 20.2 Å². The summed E-state index contributed by atoms with van der Waals surface area (Å²) in [6.45, 7) is 0. The molecule has 0 amide bonds. The molecule has 0 saturated heterocycles. The van der Waals surface area contributed by atoms with Gasteiger partial charge in [-0.15, -0.1) is 0 Å². The number of halogens is 1. The summed E-state index contributed by atoms with van der Waals surface area (Å²) in [5.74, 6) is 0.721. The fourth-order valence-corrected chi connectivity index (χ4v) is 1.87. The van der Waals surface area contributed by atoms with Crippen molar-refractivity contribution in [2.45, 2.75) is 0 Å². The molecule has 3 aromatic rings. The van der Waals surface area contributed by atoms with E-state index in [4.69, 9.17) is 10.3 Å². The van der Waals surface area contributed by atoms with Gasteiger partial charge in [0.15, 0.2) is 0 Å². The summed E-state index contributed by atoms with van der Waals surface area (Å²) in [4.78, 5) is 8.45. The van der Waals surface area contributed by atoms with Crippen molar-refractivity contribution in [3.05, 3.63) is 41.0 Å². The second-order valence-corrected chi connectivity index (χ2v) is 4.97. The minimum Gasteiger partial charge on any atom is -0.506 e. The Morgan fingerprint density at radius 3 is 2.75 bits per heavy atom. The summed E-state index contributed by atoms with van der Waals surface area (Å²) >= 11 is 3.31. The van der Waals surface area contributed by atoms with E-state index in [1.54, 1.807) is 24.4 Å². The van der Waals surface area contributed by atoms with Crippen LogP contribution < -0.4 is 5.73 Å². The van der Waals surface area contributed by atoms with Gasteiger partial charge in [0.25, 0.3) is 5.89 Å². The van der Waals surface area contributed by atoms with Gasteiger partial charge in [0.05, 0.1) is 5.69 Å². The van der Waals surface area contributed by atoms with E-state index in [2.05, 4.69) is 31.1 Å². The van der Waals surface area contributed by atoms with E-state index in [1.807, 2.05) is 6.07 Å². The van der Waals surface area contributed by atoms with E-state index in [0.717, 1.165) is 4.47 Å². The quantitative estimate of drug-likeness (QED) is 0.553. The van der Waals surface area contributed by atoms with Crippen molar-refractivity contribution >= 4 is 21.6 Å². The van der Waals surface area contributed by atoms with E-state index in [-0.39, 0.29) is 11.4 Å². The van der Waals surface area contributed by atoms with Gasteiger partial charge in [-0.05, 0) is 46.3 Å². The van der Waals surface area contributed by atoms with Crippen molar-refractivity contribution in [1.82, 2.24) is 15.1 Å². The maximum atomic E-state index is 9.39. The smallest absolute Gasteiger partial charge is 0.258 e. The van der Waals surface area contributed by atoms with Crippen LogP contribution >= 0.6 is 15.9 Å². The molecule has 2 heterocycles. The van der Waals surface area contributed by atoms with Crippen LogP contribution in [0, 0.1) is 0 Å². The Kier molecular flexibility index (Phi) is 3.11. The Morgan fingerprint density at radius 2 is 2.05 bits per heavy atom. The van der Waals surface area contributed by atoms with E-state index < -0.39 is 0 Å². The summed E-state index contributed by atoms with van der Waals surface area (Å²) in [6, 6.07) is 8.33. The van der Waals surface area contributed by atoms with Crippen molar-refractivity contribution in [2.75, 3.05) is 5.73 Å². The Morgan fingerprint density at radius 1 is 1.20 bits per heavy atom. The first kappa shape index (κ1) is 12.6. The molecule has 0 aliphatic heterocycles. The van der Waals surface area contributed by atoms with E-state index >= 15 is 0 Å². The average molecular weight is 333 g/mol. The molecule has 100 valence electrons. The molecule has 0 unspecified atom stereocenters. The molecular weight excluding hydrogens is 324 g/mol. The predicted molar refractivity (Wildman–Crippen MR) is 76.7 cm³/mol. The number of benzene rings is 1. The zero-order valence-electron chi connectivity index (χ0n) is 10.1. The molecule has 6 nitrogen and oxygen atoms in total. The second kappa shape index (κ2) is 4.93. The number of anilines is 1. The molecule has 3 N–H and O–H groups in total. The monoisotopic (exact) mass is 332 g/mol. The van der Waals surface area contributed by atoms with Crippen molar-refractivity contribution in [2.24, 2.45) is 0 Å². The topological polar surface area (TPSA) is 98.1 Å². The van der Waals surface area contributed by atoms with Gasteiger partial charge in [0, 0.05) is 16.2 Å². The normalized spacial score (nSPS) is 10.7. The van der Waals surface area contributed by atoms with Crippen LogP contribution in [0.25, 0.3) is 23.0 Å². The number of phenols is 1. The van der Waals surface area contributed by atoms with Crippen LogP contribution in [0.15, 0.2) is 45.5 Å². The Balaban J connectivity index is 1.97. The second-order valence-electron chi connectivity index (χ2n) is 4.06. The largest absolute Gasteiger partial charge is 0.506 e. The molecule has 0 spiro atoms. The number of phenolic OH excluding ortho intramolecular Hbond substituents is 1. The van der Waals surface area contributed by atoms with E-state index in [0.29, 0.717) is 23.0 Å². The molecular formula is C13H9BrN4O2. The highest BCUT2D eigenvalue weighted by Gasteiger charge is 2.12. The Bertz CT molecular complexity index is 755. The number of hydrogen-bond donors (Lipinski definition) is 2. The lowest BCUT2D eigenvalue weighted by atomic mass is 10.2. The van der Waals surface area contributed by atoms with Crippen molar-refractivity contribution < 1.29 is 9.63 Å². The van der Waals surface area contributed by atoms with Crippen LogP contribution in [0.3, 0.4) is 0 Å². The fourth-order valence-electron chi connectivity index (χ4n) is 1.64. The zero-order valence-corrected chi connectivity index (χ0v) is 11.7. The maximum Gasteiger partial charge on any atom is 0.258 e. The molecule has 2 aromatic heterocycles. The number of nitrogen functional groups attached to an aromatic ring is 1. The number of rotatable bonds is 2. The SMILES string of the molecule is Nc1cc(-c2nc(-c3ccc(Br)cn3)no2)ccc1O. The number of aromatic hydroxyl groups is 1.